The molecule has 2 aliphatic rings. The summed E-state index contributed by atoms with van der Waals surface area (Å²) >= 11 is 0. The first kappa shape index (κ1) is 22.7. The van der Waals surface area contributed by atoms with Crippen LogP contribution >= 0.6 is 0 Å². The third-order valence-electron chi connectivity index (χ3n) is 6.47. The van der Waals surface area contributed by atoms with Gasteiger partial charge in [0.15, 0.2) is 0 Å². The quantitative estimate of drug-likeness (QED) is 0.570. The van der Waals surface area contributed by atoms with Crippen LogP contribution in [-0.2, 0) is 22.4 Å². The lowest BCUT2D eigenvalue weighted by molar-refractivity contribution is -0.143. The van der Waals surface area contributed by atoms with Gasteiger partial charge in [-0.15, -0.1) is 0 Å². The smallest absolute Gasteiger partial charge is 0.325 e. The van der Waals surface area contributed by atoms with E-state index in [0.29, 0.717) is 13.2 Å². The molecule has 6 heteroatoms. The van der Waals surface area contributed by atoms with Gasteiger partial charge in [0, 0.05) is 31.9 Å². The number of unbranched alkanes of at least 4 members (excludes halogenated alkanes) is 1. The van der Waals surface area contributed by atoms with Gasteiger partial charge in [-0.25, -0.2) is 4.98 Å². The lowest BCUT2D eigenvalue weighted by Gasteiger charge is -2.25. The Balaban J connectivity index is 1.22. The number of fused-ring (bicyclic) bond motifs is 1. The number of aliphatic carboxylic acids is 1. The van der Waals surface area contributed by atoms with Gasteiger partial charge in [0.25, 0.3) is 0 Å². The number of benzene rings is 1. The van der Waals surface area contributed by atoms with Crippen LogP contribution in [0.25, 0.3) is 0 Å². The van der Waals surface area contributed by atoms with Gasteiger partial charge in [-0.1, -0.05) is 35.4 Å². The molecule has 1 fully saturated rings. The number of pyridine rings is 1. The van der Waals surface area contributed by atoms with Crippen LogP contribution < -0.4 is 5.32 Å². The molecule has 1 aromatic carbocycles. The Labute approximate surface area is 191 Å². The number of carbonyl (C=O) groups is 1. The van der Waals surface area contributed by atoms with E-state index in [1.807, 2.05) is 30.9 Å². The van der Waals surface area contributed by atoms with E-state index in [0.717, 1.165) is 73.4 Å². The summed E-state index contributed by atoms with van der Waals surface area (Å²) in [6, 6.07) is 9.82. The molecule has 0 amide bonds. The number of carboxylic acids is 1. The molecule has 32 heavy (non-hydrogen) atoms. The molecule has 6 nitrogen and oxygen atoms in total. The van der Waals surface area contributed by atoms with Gasteiger partial charge in [0.2, 0.25) is 0 Å². The van der Waals surface area contributed by atoms with Crippen molar-refractivity contribution in [2.45, 2.75) is 64.5 Å². The monoisotopic (exact) mass is 437 g/mol. The number of nitrogens with one attached hydrogen (secondary N) is 1. The van der Waals surface area contributed by atoms with Crippen molar-refractivity contribution in [1.29, 1.82) is 0 Å². The molecule has 2 N–H and O–H groups in total. The van der Waals surface area contributed by atoms with E-state index in [9.17, 15) is 9.90 Å². The number of aryl methyl sites for hydroxylation is 4. The van der Waals surface area contributed by atoms with Crippen molar-refractivity contribution in [3.8, 4) is 0 Å². The predicted octanol–water partition coefficient (Wildman–Crippen LogP) is 4.30. The number of carboxylic acid groups (broad SMARTS) is 1. The van der Waals surface area contributed by atoms with E-state index in [2.05, 4.69) is 23.5 Å². The molecule has 3 heterocycles. The van der Waals surface area contributed by atoms with Crippen LogP contribution in [0.15, 0.2) is 30.3 Å². The molecule has 4 rings (SSSR count). The molecule has 2 aromatic rings. The summed E-state index contributed by atoms with van der Waals surface area (Å²) in [6.45, 7) is 7.18. The highest BCUT2D eigenvalue weighted by atomic mass is 16.5. The van der Waals surface area contributed by atoms with Crippen LogP contribution in [-0.4, -0.2) is 53.3 Å². The van der Waals surface area contributed by atoms with E-state index >= 15 is 0 Å². The molecule has 1 aromatic heterocycles. The summed E-state index contributed by atoms with van der Waals surface area (Å²) in [5.41, 5.74) is 5.53. The largest absolute Gasteiger partial charge is 0.480 e. The Hall–Kier alpha value is -2.44. The second-order valence-electron chi connectivity index (χ2n) is 9.24. The predicted molar refractivity (Wildman–Crippen MR) is 126 cm³/mol. The zero-order valence-corrected chi connectivity index (χ0v) is 19.3. The number of aromatic nitrogens is 1. The molecule has 1 saturated heterocycles. The van der Waals surface area contributed by atoms with Crippen molar-refractivity contribution < 1.29 is 14.6 Å². The average molecular weight is 438 g/mol. The number of likely N-dealkylation sites (tertiary alicyclic amines) is 1. The number of ether oxygens (including phenoxy) is 1. The molecule has 0 aliphatic carbocycles. The van der Waals surface area contributed by atoms with Crippen LogP contribution in [0.3, 0.4) is 0 Å². The Morgan fingerprint density at radius 1 is 1.25 bits per heavy atom. The second kappa shape index (κ2) is 10.5. The van der Waals surface area contributed by atoms with Crippen molar-refractivity contribution in [2.75, 3.05) is 31.6 Å². The van der Waals surface area contributed by atoms with Crippen molar-refractivity contribution in [3.05, 3.63) is 58.3 Å². The normalized spacial score (nSPS) is 19.4. The summed E-state index contributed by atoms with van der Waals surface area (Å²) in [5, 5.41) is 13.3. The molecule has 0 bridgehead atoms. The van der Waals surface area contributed by atoms with Crippen molar-refractivity contribution >= 4 is 11.8 Å². The average Bonchev–Trinajstić information content (AvgIpc) is 3.20. The molecule has 0 saturated carbocycles. The van der Waals surface area contributed by atoms with Crippen LogP contribution in [0.5, 0.6) is 0 Å². The van der Waals surface area contributed by atoms with Gasteiger partial charge >= 0.3 is 5.97 Å². The van der Waals surface area contributed by atoms with E-state index < -0.39 is 12.0 Å². The summed E-state index contributed by atoms with van der Waals surface area (Å²) in [4.78, 5) is 18.9. The topological polar surface area (TPSA) is 74.7 Å². The van der Waals surface area contributed by atoms with Crippen LogP contribution in [0.4, 0.5) is 5.82 Å². The van der Waals surface area contributed by atoms with Gasteiger partial charge in [-0.3, -0.25) is 9.69 Å². The van der Waals surface area contributed by atoms with Crippen molar-refractivity contribution in [2.24, 2.45) is 0 Å². The minimum Gasteiger partial charge on any atom is -0.480 e. The SMILES string of the molecule is Cc1cc(C)cc(C(C(=O)O)N2CC[C@@H](OCCCCc3ccc4c(n3)NCCC4)C2)c1. The maximum Gasteiger partial charge on any atom is 0.325 e. The highest BCUT2D eigenvalue weighted by Gasteiger charge is 2.34. The van der Waals surface area contributed by atoms with Crippen LogP contribution in [0.1, 0.15) is 59.7 Å². The summed E-state index contributed by atoms with van der Waals surface area (Å²) in [7, 11) is 0. The van der Waals surface area contributed by atoms with Crippen LogP contribution in [0, 0.1) is 13.8 Å². The van der Waals surface area contributed by atoms with E-state index in [4.69, 9.17) is 9.72 Å². The lowest BCUT2D eigenvalue weighted by atomic mass is 10.0. The summed E-state index contributed by atoms with van der Waals surface area (Å²) in [5.74, 6) is 0.274. The molecule has 172 valence electrons. The van der Waals surface area contributed by atoms with Crippen molar-refractivity contribution in [3.63, 3.8) is 0 Å². The molecule has 1 unspecified atom stereocenters. The minimum atomic E-state index is -0.789. The summed E-state index contributed by atoms with van der Waals surface area (Å²) in [6.07, 6.45) is 6.28. The number of nitrogens with zero attached hydrogens (tertiary/aromatic N) is 2. The van der Waals surface area contributed by atoms with Crippen molar-refractivity contribution in [1.82, 2.24) is 9.88 Å². The zero-order chi connectivity index (χ0) is 22.5. The standard InChI is InChI=1S/C26H35N3O3/c1-18-14-19(2)16-21(15-18)24(26(30)31)29-12-10-23(17-29)32-13-4-3-7-22-9-8-20-6-5-11-27-25(20)28-22/h8-9,14-16,23-24H,3-7,10-13,17H2,1-2H3,(H,27,28)(H,30,31)/t23-,24?/m1/s1. The van der Waals surface area contributed by atoms with Gasteiger partial charge < -0.3 is 15.2 Å². The molecular weight excluding hydrogens is 402 g/mol. The van der Waals surface area contributed by atoms with Gasteiger partial charge in [0.1, 0.15) is 11.9 Å². The van der Waals surface area contributed by atoms with Gasteiger partial charge in [-0.2, -0.15) is 0 Å². The number of hydrogen-bond donors (Lipinski definition) is 2. The van der Waals surface area contributed by atoms with Gasteiger partial charge in [0.05, 0.1) is 6.10 Å². The first-order valence-electron chi connectivity index (χ1n) is 11.9. The fraction of sp³-hybridized carbons (Fsp3) is 0.538. The van der Waals surface area contributed by atoms with E-state index in [1.54, 1.807) is 0 Å². The molecule has 2 aliphatic heterocycles. The Bertz CT molecular complexity index is 926. The molecule has 2 atom stereocenters. The number of rotatable bonds is 9. The maximum absolute atomic E-state index is 12.0. The fourth-order valence-corrected chi connectivity index (χ4v) is 4.97. The third kappa shape index (κ3) is 5.67. The molecule has 0 spiro atoms. The molecular formula is C26H35N3O3. The van der Waals surface area contributed by atoms with Gasteiger partial charge in [-0.05, 0) is 69.6 Å². The van der Waals surface area contributed by atoms with E-state index in [-0.39, 0.29) is 6.10 Å². The highest BCUT2D eigenvalue weighted by molar-refractivity contribution is 5.75. The minimum absolute atomic E-state index is 0.105. The number of anilines is 1. The number of hydrogen-bond acceptors (Lipinski definition) is 5. The zero-order valence-electron chi connectivity index (χ0n) is 19.3. The molecule has 0 radical (unpaired) electrons. The maximum atomic E-state index is 12.0. The lowest BCUT2D eigenvalue weighted by Crippen LogP contribution is -2.33. The highest BCUT2D eigenvalue weighted by Crippen LogP contribution is 2.28. The Morgan fingerprint density at radius 2 is 2.06 bits per heavy atom. The Kier molecular flexibility index (Phi) is 7.43. The first-order chi connectivity index (χ1) is 15.5. The summed E-state index contributed by atoms with van der Waals surface area (Å²) < 4.78 is 6.11. The van der Waals surface area contributed by atoms with E-state index in [1.165, 1.54) is 12.0 Å². The first-order valence-corrected chi connectivity index (χ1v) is 11.9. The fourth-order valence-electron chi connectivity index (χ4n) is 4.97. The Morgan fingerprint density at radius 3 is 2.84 bits per heavy atom. The second-order valence-corrected chi connectivity index (χ2v) is 9.24. The van der Waals surface area contributed by atoms with Crippen LogP contribution in [0.2, 0.25) is 0 Å². The third-order valence-corrected chi connectivity index (χ3v) is 6.47.